The Bertz CT molecular complexity index is 731. The van der Waals surface area contributed by atoms with E-state index < -0.39 is 5.92 Å². The first-order valence-corrected chi connectivity index (χ1v) is 7.40. The highest BCUT2D eigenvalue weighted by molar-refractivity contribution is 6.18. The lowest BCUT2D eigenvalue weighted by atomic mass is 9.79. The normalized spacial score (nSPS) is 16.9. The monoisotopic (exact) mass is 292 g/mol. The topological polar surface area (TPSA) is 51.2 Å². The van der Waals surface area contributed by atoms with Crippen molar-refractivity contribution in [3.8, 4) is 0 Å². The average molecular weight is 292 g/mol. The summed E-state index contributed by atoms with van der Waals surface area (Å²) in [6.07, 6.45) is 0.997. The van der Waals surface area contributed by atoms with E-state index in [2.05, 4.69) is 0 Å². The molecule has 0 N–H and O–H groups in total. The van der Waals surface area contributed by atoms with Crippen LogP contribution in [0.4, 0.5) is 0 Å². The zero-order chi connectivity index (χ0) is 15.5. The van der Waals surface area contributed by atoms with Gasteiger partial charge >= 0.3 is 0 Å². The molecular weight excluding hydrogens is 276 g/mol. The second kappa shape index (κ2) is 6.06. The zero-order valence-electron chi connectivity index (χ0n) is 12.1. The molecule has 0 radical (unpaired) electrons. The molecule has 0 aliphatic heterocycles. The molecule has 3 rings (SSSR count). The summed E-state index contributed by atoms with van der Waals surface area (Å²) in [5.41, 5.74) is 2.13. The van der Waals surface area contributed by atoms with Gasteiger partial charge in [0.2, 0.25) is 0 Å². The lowest BCUT2D eigenvalue weighted by Crippen LogP contribution is -2.30. The summed E-state index contributed by atoms with van der Waals surface area (Å²) in [6.45, 7) is 0. The van der Waals surface area contributed by atoms with Crippen molar-refractivity contribution in [3.05, 3.63) is 71.3 Å². The number of carbonyl (C=O) groups is 3. The molecule has 0 aromatic heterocycles. The van der Waals surface area contributed by atoms with Crippen molar-refractivity contribution in [2.45, 2.75) is 19.3 Å². The Morgan fingerprint density at radius 1 is 0.955 bits per heavy atom. The maximum Gasteiger partial charge on any atom is 0.173 e. The molecular formula is C19H16O3. The second-order valence-corrected chi connectivity index (χ2v) is 5.54. The van der Waals surface area contributed by atoms with E-state index in [1.807, 2.05) is 18.2 Å². The molecule has 3 nitrogen and oxygen atoms in total. The summed E-state index contributed by atoms with van der Waals surface area (Å²) in [7, 11) is 0. The number of rotatable bonds is 4. The van der Waals surface area contributed by atoms with E-state index in [9.17, 15) is 14.4 Å². The lowest BCUT2D eigenvalue weighted by Gasteiger charge is -2.22. The van der Waals surface area contributed by atoms with Crippen LogP contribution in [0.1, 0.15) is 39.1 Å². The maximum atomic E-state index is 12.4. The van der Waals surface area contributed by atoms with E-state index in [1.165, 1.54) is 0 Å². The number of fused-ring (bicyclic) bond motifs is 1. The maximum absolute atomic E-state index is 12.4. The minimum absolute atomic E-state index is 0.146. The second-order valence-electron chi connectivity index (χ2n) is 5.54. The number of hydrogen-bond donors (Lipinski definition) is 0. The predicted molar refractivity (Wildman–Crippen MR) is 83.0 cm³/mol. The summed E-state index contributed by atoms with van der Waals surface area (Å²) in [6, 6.07) is 16.1. The quantitative estimate of drug-likeness (QED) is 0.642. The molecule has 0 saturated heterocycles. The van der Waals surface area contributed by atoms with Crippen LogP contribution in [-0.2, 0) is 11.2 Å². The van der Waals surface area contributed by atoms with Crippen LogP contribution in [0.5, 0.6) is 0 Å². The molecule has 3 heteroatoms. The molecule has 0 fully saturated rings. The number of Topliss-reactive ketones (excluding diaryl/α,β-unsaturated/α-hetero) is 3. The van der Waals surface area contributed by atoms with Gasteiger partial charge in [-0.2, -0.15) is 0 Å². The average Bonchev–Trinajstić information content (AvgIpc) is 2.56. The summed E-state index contributed by atoms with van der Waals surface area (Å²) >= 11 is 0. The fraction of sp³-hybridized carbons (Fsp3) is 0.211. The summed E-state index contributed by atoms with van der Waals surface area (Å²) in [5.74, 6) is -1.32. The Morgan fingerprint density at radius 2 is 1.64 bits per heavy atom. The first-order chi connectivity index (χ1) is 10.7. The van der Waals surface area contributed by atoms with Gasteiger partial charge in [0.15, 0.2) is 17.3 Å². The molecule has 1 aliphatic carbocycles. The summed E-state index contributed by atoms with van der Waals surface area (Å²) in [4.78, 5) is 36.9. The van der Waals surface area contributed by atoms with Gasteiger partial charge in [-0.25, -0.2) is 0 Å². The zero-order valence-corrected chi connectivity index (χ0v) is 12.1. The molecule has 2 aromatic carbocycles. The molecule has 0 heterocycles. The first kappa shape index (κ1) is 14.4. The Balaban J connectivity index is 1.74. The fourth-order valence-corrected chi connectivity index (χ4v) is 2.91. The molecule has 0 spiro atoms. The van der Waals surface area contributed by atoms with E-state index >= 15 is 0 Å². The number of carbonyl (C=O) groups excluding carboxylic acids is 3. The van der Waals surface area contributed by atoms with E-state index in [1.54, 1.807) is 36.4 Å². The van der Waals surface area contributed by atoms with Crippen LogP contribution < -0.4 is 0 Å². The van der Waals surface area contributed by atoms with Crippen LogP contribution in [0, 0.1) is 5.92 Å². The molecule has 22 heavy (non-hydrogen) atoms. The van der Waals surface area contributed by atoms with Crippen molar-refractivity contribution < 1.29 is 14.4 Å². The van der Waals surface area contributed by atoms with Gasteiger partial charge in [0.1, 0.15) is 0 Å². The Labute approximate surface area is 129 Å². The minimum atomic E-state index is -0.678. The Kier molecular flexibility index (Phi) is 3.96. The lowest BCUT2D eigenvalue weighted by molar-refractivity contribution is -0.120. The van der Waals surface area contributed by atoms with Gasteiger partial charge in [0, 0.05) is 11.1 Å². The number of aryl methyl sites for hydroxylation is 1. The molecule has 0 saturated carbocycles. The van der Waals surface area contributed by atoms with Crippen LogP contribution in [0.25, 0.3) is 0 Å². The molecule has 1 aliphatic rings. The molecule has 2 aromatic rings. The minimum Gasteiger partial charge on any atom is -0.298 e. The van der Waals surface area contributed by atoms with Crippen molar-refractivity contribution in [2.75, 3.05) is 0 Å². The van der Waals surface area contributed by atoms with Crippen LogP contribution in [0.3, 0.4) is 0 Å². The number of benzene rings is 2. The molecule has 1 unspecified atom stereocenters. The largest absolute Gasteiger partial charge is 0.298 e. The van der Waals surface area contributed by atoms with E-state index in [4.69, 9.17) is 0 Å². The van der Waals surface area contributed by atoms with E-state index in [-0.39, 0.29) is 23.8 Å². The fourth-order valence-electron chi connectivity index (χ4n) is 2.91. The van der Waals surface area contributed by atoms with Crippen molar-refractivity contribution in [1.82, 2.24) is 0 Å². The molecule has 110 valence electrons. The molecule has 1 atom stereocenters. The van der Waals surface area contributed by atoms with Crippen molar-refractivity contribution in [2.24, 2.45) is 5.92 Å². The van der Waals surface area contributed by atoms with Gasteiger partial charge < -0.3 is 0 Å². The third-order valence-corrected chi connectivity index (χ3v) is 4.12. The Morgan fingerprint density at radius 3 is 2.41 bits per heavy atom. The summed E-state index contributed by atoms with van der Waals surface area (Å²) in [5, 5.41) is 0. The third kappa shape index (κ3) is 2.75. The van der Waals surface area contributed by atoms with Crippen molar-refractivity contribution >= 4 is 17.3 Å². The van der Waals surface area contributed by atoms with Crippen molar-refractivity contribution in [1.29, 1.82) is 0 Å². The Hall–Kier alpha value is -2.55. The van der Waals surface area contributed by atoms with E-state index in [0.717, 1.165) is 5.56 Å². The van der Waals surface area contributed by atoms with Gasteiger partial charge in [-0.15, -0.1) is 0 Å². The van der Waals surface area contributed by atoms with Gasteiger partial charge in [0.05, 0.1) is 12.3 Å². The van der Waals surface area contributed by atoms with Gasteiger partial charge in [-0.05, 0) is 18.4 Å². The highest BCUT2D eigenvalue weighted by Gasteiger charge is 2.33. The molecule has 0 amide bonds. The van der Waals surface area contributed by atoms with Crippen molar-refractivity contribution in [3.63, 3.8) is 0 Å². The molecule has 0 bridgehead atoms. The standard InChI is InChI=1S/C19H16O3/c20-17(14-7-2-1-3-8-14)12-18(21)16-11-10-13-6-4-5-9-15(13)19(16)22/h1-9,16H,10-12H2. The van der Waals surface area contributed by atoms with Gasteiger partial charge in [0.25, 0.3) is 0 Å². The van der Waals surface area contributed by atoms with Crippen LogP contribution in [-0.4, -0.2) is 17.3 Å². The highest BCUT2D eigenvalue weighted by atomic mass is 16.2. The highest BCUT2D eigenvalue weighted by Crippen LogP contribution is 2.27. The van der Waals surface area contributed by atoms with Crippen LogP contribution in [0.15, 0.2) is 54.6 Å². The number of ketones is 3. The third-order valence-electron chi connectivity index (χ3n) is 4.12. The van der Waals surface area contributed by atoms with E-state index in [0.29, 0.717) is 24.0 Å². The smallest absolute Gasteiger partial charge is 0.173 e. The SMILES string of the molecule is O=C(CC(=O)C1CCc2ccccc2C1=O)c1ccccc1. The first-order valence-electron chi connectivity index (χ1n) is 7.40. The number of hydrogen-bond acceptors (Lipinski definition) is 3. The summed E-state index contributed by atoms with van der Waals surface area (Å²) < 4.78 is 0. The van der Waals surface area contributed by atoms with Gasteiger partial charge in [-0.3, -0.25) is 14.4 Å². The van der Waals surface area contributed by atoms with Gasteiger partial charge in [-0.1, -0.05) is 54.6 Å². The predicted octanol–water partition coefficient (Wildman–Crippen LogP) is 3.27. The van der Waals surface area contributed by atoms with Crippen LogP contribution >= 0.6 is 0 Å². The van der Waals surface area contributed by atoms with Crippen LogP contribution in [0.2, 0.25) is 0 Å².